The van der Waals surface area contributed by atoms with Gasteiger partial charge in [-0.15, -0.1) is 0 Å². The first-order chi connectivity index (χ1) is 9.06. The van der Waals surface area contributed by atoms with Crippen molar-refractivity contribution >= 4 is 17.3 Å². The molecule has 3 rings (SSSR count). The summed E-state index contributed by atoms with van der Waals surface area (Å²) in [7, 11) is 0. The topological polar surface area (TPSA) is 85.5 Å². The van der Waals surface area contributed by atoms with E-state index in [-0.39, 0.29) is 11.7 Å². The molecular weight excluding hydrogens is 248 g/mol. The highest BCUT2D eigenvalue weighted by atomic mass is 16.7. The van der Waals surface area contributed by atoms with E-state index in [1.165, 1.54) is 0 Å². The zero-order chi connectivity index (χ0) is 13.6. The van der Waals surface area contributed by atoms with Gasteiger partial charge in [-0.2, -0.15) is 0 Å². The summed E-state index contributed by atoms with van der Waals surface area (Å²) in [6, 6.07) is 1.69. The van der Waals surface area contributed by atoms with Crippen molar-refractivity contribution in [2.45, 2.75) is 38.5 Å². The predicted molar refractivity (Wildman–Crippen MR) is 66.5 cm³/mol. The number of fused-ring (bicyclic) bond motifs is 1. The summed E-state index contributed by atoms with van der Waals surface area (Å²) >= 11 is 0. The standard InChI is InChI=1S/C13H14N2O4/c1-6(2)11-10-9(18-13(16)17)5-8(7-3-4-7)14-12(10)19-15-11/h5-7H,3-4H2,1-2H3,(H,16,17). The van der Waals surface area contributed by atoms with Crippen LogP contribution in [0.15, 0.2) is 10.6 Å². The molecule has 0 atom stereocenters. The van der Waals surface area contributed by atoms with Gasteiger partial charge in [-0.05, 0) is 18.8 Å². The number of hydrogen-bond acceptors (Lipinski definition) is 5. The quantitative estimate of drug-likeness (QED) is 0.854. The lowest BCUT2D eigenvalue weighted by molar-refractivity contribution is 0.145. The molecule has 2 aromatic rings. The highest BCUT2D eigenvalue weighted by Crippen LogP contribution is 2.42. The van der Waals surface area contributed by atoms with Crippen molar-refractivity contribution in [1.29, 1.82) is 0 Å². The molecule has 0 aromatic carbocycles. The fourth-order valence-corrected chi connectivity index (χ4v) is 2.11. The first-order valence-corrected chi connectivity index (χ1v) is 6.27. The zero-order valence-electron chi connectivity index (χ0n) is 10.7. The van der Waals surface area contributed by atoms with Crippen molar-refractivity contribution in [2.24, 2.45) is 0 Å². The van der Waals surface area contributed by atoms with Crippen molar-refractivity contribution in [3.63, 3.8) is 0 Å². The van der Waals surface area contributed by atoms with Crippen molar-refractivity contribution in [3.05, 3.63) is 17.5 Å². The van der Waals surface area contributed by atoms with Gasteiger partial charge in [0.2, 0.25) is 0 Å². The number of hydrogen-bond donors (Lipinski definition) is 1. The molecular formula is C13H14N2O4. The summed E-state index contributed by atoms with van der Waals surface area (Å²) < 4.78 is 10.1. The van der Waals surface area contributed by atoms with Gasteiger partial charge < -0.3 is 14.4 Å². The van der Waals surface area contributed by atoms with Gasteiger partial charge in [0.05, 0.1) is 11.4 Å². The van der Waals surface area contributed by atoms with E-state index >= 15 is 0 Å². The second kappa shape index (κ2) is 4.22. The van der Waals surface area contributed by atoms with Gasteiger partial charge in [0.25, 0.3) is 5.71 Å². The molecule has 0 saturated heterocycles. The monoisotopic (exact) mass is 262 g/mol. The number of aromatic nitrogens is 2. The van der Waals surface area contributed by atoms with Gasteiger partial charge in [0.15, 0.2) is 5.75 Å². The van der Waals surface area contributed by atoms with E-state index in [1.807, 2.05) is 13.8 Å². The van der Waals surface area contributed by atoms with Crippen LogP contribution in [0.1, 0.15) is 49.9 Å². The summed E-state index contributed by atoms with van der Waals surface area (Å²) in [5.74, 6) is 0.753. The molecule has 0 radical (unpaired) electrons. The van der Waals surface area contributed by atoms with Gasteiger partial charge in [0.1, 0.15) is 5.39 Å². The van der Waals surface area contributed by atoms with Crippen LogP contribution in [0.2, 0.25) is 0 Å². The van der Waals surface area contributed by atoms with Gasteiger partial charge in [0, 0.05) is 12.0 Å². The number of rotatable bonds is 3. The third-order valence-corrected chi connectivity index (χ3v) is 3.20. The van der Waals surface area contributed by atoms with E-state index in [0.29, 0.717) is 22.7 Å². The molecule has 0 spiro atoms. The Balaban J connectivity index is 2.19. The summed E-state index contributed by atoms with van der Waals surface area (Å²) in [5, 5.41) is 13.4. The summed E-state index contributed by atoms with van der Waals surface area (Å²) in [6.45, 7) is 3.91. The van der Waals surface area contributed by atoms with Crippen LogP contribution in [0, 0.1) is 0 Å². The fraction of sp³-hybridized carbons (Fsp3) is 0.462. The number of carbonyl (C=O) groups is 1. The van der Waals surface area contributed by atoms with Crippen LogP contribution in [-0.2, 0) is 0 Å². The van der Waals surface area contributed by atoms with Crippen molar-refractivity contribution < 1.29 is 19.2 Å². The van der Waals surface area contributed by atoms with Gasteiger partial charge in [-0.25, -0.2) is 9.78 Å². The molecule has 1 aliphatic carbocycles. The number of nitrogens with zero attached hydrogens (tertiary/aromatic N) is 2. The Morgan fingerprint density at radius 1 is 1.53 bits per heavy atom. The molecule has 6 nitrogen and oxygen atoms in total. The van der Waals surface area contributed by atoms with E-state index in [9.17, 15) is 4.79 Å². The summed E-state index contributed by atoms with van der Waals surface area (Å²) in [4.78, 5) is 15.2. The SMILES string of the molecule is CC(C)c1noc2nc(C3CC3)cc(OC(=O)O)c12. The molecule has 6 heteroatoms. The fourth-order valence-electron chi connectivity index (χ4n) is 2.11. The largest absolute Gasteiger partial charge is 0.511 e. The first kappa shape index (κ1) is 12.0. The van der Waals surface area contributed by atoms with Crippen LogP contribution in [0.3, 0.4) is 0 Å². The molecule has 1 fully saturated rings. The third-order valence-electron chi connectivity index (χ3n) is 3.20. The third kappa shape index (κ3) is 2.14. The van der Waals surface area contributed by atoms with Crippen LogP contribution < -0.4 is 4.74 Å². The Morgan fingerprint density at radius 2 is 2.26 bits per heavy atom. The van der Waals surface area contributed by atoms with E-state index in [0.717, 1.165) is 18.5 Å². The normalized spacial score (nSPS) is 15.1. The number of carboxylic acid groups (broad SMARTS) is 1. The minimum absolute atomic E-state index is 0.103. The number of ether oxygens (including phenoxy) is 1. The average Bonchev–Trinajstić information content (AvgIpc) is 3.07. The average molecular weight is 262 g/mol. The van der Waals surface area contributed by atoms with Gasteiger partial charge >= 0.3 is 6.16 Å². The van der Waals surface area contributed by atoms with Crippen LogP contribution in [0.4, 0.5) is 4.79 Å². The second-order valence-corrected chi connectivity index (χ2v) is 5.09. The second-order valence-electron chi connectivity index (χ2n) is 5.09. The highest BCUT2D eigenvalue weighted by molar-refractivity contribution is 5.86. The van der Waals surface area contributed by atoms with Gasteiger partial charge in [-0.3, -0.25) is 0 Å². The Kier molecular flexibility index (Phi) is 2.66. The molecule has 0 unspecified atom stereocenters. The zero-order valence-corrected chi connectivity index (χ0v) is 10.7. The summed E-state index contributed by atoms with van der Waals surface area (Å²) in [5.41, 5.74) is 1.83. The molecule has 0 bridgehead atoms. The Labute approximate surface area is 109 Å². The Hall–Kier alpha value is -2.11. The first-order valence-electron chi connectivity index (χ1n) is 6.27. The van der Waals surface area contributed by atoms with E-state index in [1.54, 1.807) is 6.07 Å². The number of pyridine rings is 1. The van der Waals surface area contributed by atoms with Crippen LogP contribution >= 0.6 is 0 Å². The van der Waals surface area contributed by atoms with Crippen molar-refractivity contribution in [2.75, 3.05) is 0 Å². The molecule has 1 aliphatic rings. The molecule has 0 amide bonds. The van der Waals surface area contributed by atoms with Gasteiger partial charge in [-0.1, -0.05) is 19.0 Å². The Bertz CT molecular complexity index is 643. The van der Waals surface area contributed by atoms with E-state index in [2.05, 4.69) is 10.1 Å². The lowest BCUT2D eigenvalue weighted by Crippen LogP contribution is -2.05. The van der Waals surface area contributed by atoms with Crippen LogP contribution in [0.25, 0.3) is 11.1 Å². The van der Waals surface area contributed by atoms with E-state index in [4.69, 9.17) is 14.4 Å². The molecule has 19 heavy (non-hydrogen) atoms. The molecule has 1 N–H and O–H groups in total. The summed E-state index contributed by atoms with van der Waals surface area (Å²) in [6.07, 6.45) is 0.789. The molecule has 2 heterocycles. The maximum absolute atomic E-state index is 10.8. The minimum Gasteiger partial charge on any atom is -0.449 e. The van der Waals surface area contributed by atoms with Crippen molar-refractivity contribution in [3.8, 4) is 5.75 Å². The maximum Gasteiger partial charge on any atom is 0.511 e. The lowest BCUT2D eigenvalue weighted by Gasteiger charge is -2.06. The Morgan fingerprint density at radius 3 is 2.84 bits per heavy atom. The highest BCUT2D eigenvalue weighted by Gasteiger charge is 2.29. The predicted octanol–water partition coefficient (Wildman–Crippen LogP) is 3.28. The van der Waals surface area contributed by atoms with Crippen LogP contribution in [-0.4, -0.2) is 21.4 Å². The smallest absolute Gasteiger partial charge is 0.449 e. The van der Waals surface area contributed by atoms with Crippen LogP contribution in [0.5, 0.6) is 5.75 Å². The maximum atomic E-state index is 10.8. The van der Waals surface area contributed by atoms with E-state index < -0.39 is 6.16 Å². The minimum atomic E-state index is -1.34. The van der Waals surface area contributed by atoms with Crippen molar-refractivity contribution in [1.82, 2.24) is 10.1 Å². The molecule has 2 aromatic heterocycles. The molecule has 1 saturated carbocycles. The molecule has 100 valence electrons. The lowest BCUT2D eigenvalue weighted by atomic mass is 10.1. The molecule has 0 aliphatic heterocycles.